The van der Waals surface area contributed by atoms with Gasteiger partial charge in [0.1, 0.15) is 5.67 Å². The quantitative estimate of drug-likeness (QED) is 0.191. The number of hydrogen-bond acceptors (Lipinski definition) is 6. The summed E-state index contributed by atoms with van der Waals surface area (Å²) in [5.74, 6) is 1.44. The second-order valence-corrected chi connectivity index (χ2v) is 26.3. The Balaban J connectivity index is 0.000000381. The second kappa shape index (κ2) is 31.3. The van der Waals surface area contributed by atoms with Gasteiger partial charge in [-0.05, 0) is 177 Å². The summed E-state index contributed by atoms with van der Waals surface area (Å²) in [6.45, 7) is 25.8. The molecule has 0 bridgehead atoms. The zero-order valence-corrected chi connectivity index (χ0v) is 46.5. The molecule has 0 amide bonds. The molecule has 4 unspecified atom stereocenters. The first-order chi connectivity index (χ1) is 31.4. The maximum Gasteiger partial charge on any atom is 0.248 e. The SMILES string of the molecule is CC1(C#N)CCCCC1.CC1(C)CC1.CC1(C)CCCCC1.CC1(F)CC1.CC1(N)CC1.CC1CCC(F)(F)CC1.C[C@@H]1CCCC(O)C1.C[C@@H]1CCCCC1N.C[C@H]1CC1C#N.C[C@H]1CC1O. The first-order valence-corrected chi connectivity index (χ1v) is 28.2. The van der Waals surface area contributed by atoms with Crippen molar-refractivity contribution >= 4 is 0 Å². The fourth-order valence-corrected chi connectivity index (χ4v) is 8.31. The van der Waals surface area contributed by atoms with Crippen LogP contribution in [0.25, 0.3) is 0 Å². The first kappa shape index (κ1) is 64.6. The number of aliphatic hydroxyl groups is 2. The summed E-state index contributed by atoms with van der Waals surface area (Å²) in [5.41, 5.74) is 12.2. The smallest absolute Gasteiger partial charge is 0.248 e. The Bertz CT molecular complexity index is 1320. The topological polar surface area (TPSA) is 140 Å². The van der Waals surface area contributed by atoms with Crippen molar-refractivity contribution in [2.45, 2.75) is 311 Å². The number of nitriles is 2. The minimum Gasteiger partial charge on any atom is -0.393 e. The van der Waals surface area contributed by atoms with E-state index in [-0.39, 0.29) is 36.0 Å². The van der Waals surface area contributed by atoms with Gasteiger partial charge in [-0.1, -0.05) is 127 Å². The summed E-state index contributed by atoms with van der Waals surface area (Å²) in [4.78, 5) is 0. The minimum atomic E-state index is -2.34. The van der Waals surface area contributed by atoms with Crippen molar-refractivity contribution in [2.75, 3.05) is 0 Å². The van der Waals surface area contributed by atoms with Crippen molar-refractivity contribution in [3.8, 4) is 12.1 Å². The molecule has 0 heterocycles. The van der Waals surface area contributed by atoms with Crippen LogP contribution < -0.4 is 11.5 Å². The summed E-state index contributed by atoms with van der Waals surface area (Å²) in [5, 5.41) is 34.3. The second-order valence-electron chi connectivity index (χ2n) is 26.3. The lowest BCUT2D eigenvalue weighted by atomic mass is 9.77. The van der Waals surface area contributed by atoms with Crippen LogP contribution in [0.4, 0.5) is 13.2 Å². The maximum atomic E-state index is 12.4. The summed E-state index contributed by atoms with van der Waals surface area (Å²) < 4.78 is 36.6. The van der Waals surface area contributed by atoms with Gasteiger partial charge in [0, 0.05) is 30.3 Å². The van der Waals surface area contributed by atoms with E-state index in [1.807, 2.05) is 13.8 Å². The molecule has 0 radical (unpaired) electrons. The van der Waals surface area contributed by atoms with E-state index >= 15 is 0 Å². The molecular weight excluding hydrogens is 854 g/mol. The summed E-state index contributed by atoms with van der Waals surface area (Å²) in [7, 11) is 0. The van der Waals surface area contributed by atoms with Crippen LogP contribution in [0.1, 0.15) is 276 Å². The molecule has 0 aromatic carbocycles. The van der Waals surface area contributed by atoms with Gasteiger partial charge in [-0.15, -0.1) is 0 Å². The monoisotopic (exact) mass is 965 g/mol. The van der Waals surface area contributed by atoms with Crippen LogP contribution in [0.2, 0.25) is 0 Å². The Labute approximate surface area is 418 Å². The van der Waals surface area contributed by atoms with Gasteiger partial charge in [0.25, 0.3) is 0 Å². The number of nitrogens with two attached hydrogens (primary N) is 2. The molecule has 10 fully saturated rings. The number of rotatable bonds is 0. The Kier molecular flexibility index (Phi) is 29.7. The highest BCUT2D eigenvalue weighted by Crippen LogP contribution is 2.44. The number of halogens is 3. The predicted molar refractivity (Wildman–Crippen MR) is 282 cm³/mol. The largest absolute Gasteiger partial charge is 0.393 e. The number of hydrogen-bond donors (Lipinski definition) is 4. The molecule has 9 heteroatoms. The van der Waals surface area contributed by atoms with Crippen LogP contribution in [-0.4, -0.2) is 45.6 Å². The number of aliphatic hydroxyl groups excluding tert-OH is 2. The van der Waals surface area contributed by atoms with Gasteiger partial charge in [-0.3, -0.25) is 0 Å². The van der Waals surface area contributed by atoms with E-state index in [2.05, 4.69) is 74.5 Å². The average Bonchev–Trinajstić information content (AvgIpc) is 4.04. The Morgan fingerprint density at radius 1 is 0.485 bits per heavy atom. The van der Waals surface area contributed by atoms with Crippen LogP contribution in [0.15, 0.2) is 0 Å². The molecule has 0 aromatic heterocycles. The summed E-state index contributed by atoms with van der Waals surface area (Å²) in [6, 6.07) is 5.07. The van der Waals surface area contributed by atoms with Gasteiger partial charge >= 0.3 is 0 Å². The highest BCUT2D eigenvalue weighted by molar-refractivity contribution is 4.99. The molecule has 68 heavy (non-hydrogen) atoms. The molecule has 10 rings (SSSR count). The molecular formula is C59H111F3N4O2. The fourth-order valence-electron chi connectivity index (χ4n) is 8.31. The third kappa shape index (κ3) is 37.4. The highest BCUT2D eigenvalue weighted by atomic mass is 19.3. The van der Waals surface area contributed by atoms with Gasteiger partial charge < -0.3 is 21.7 Å². The Morgan fingerprint density at radius 2 is 0.897 bits per heavy atom. The van der Waals surface area contributed by atoms with E-state index < -0.39 is 11.6 Å². The van der Waals surface area contributed by atoms with Crippen molar-refractivity contribution < 1.29 is 23.4 Å². The van der Waals surface area contributed by atoms with E-state index in [9.17, 15) is 13.2 Å². The molecule has 10 saturated carbocycles. The molecule has 0 spiro atoms. The summed E-state index contributed by atoms with van der Waals surface area (Å²) >= 11 is 0. The van der Waals surface area contributed by atoms with E-state index in [4.69, 9.17) is 32.2 Å². The third-order valence-corrected chi connectivity index (χ3v) is 16.1. The van der Waals surface area contributed by atoms with E-state index in [0.29, 0.717) is 48.0 Å². The molecule has 0 aromatic rings. The van der Waals surface area contributed by atoms with Gasteiger partial charge in [-0.2, -0.15) is 10.5 Å². The lowest BCUT2D eigenvalue weighted by molar-refractivity contribution is -0.0438. The lowest BCUT2D eigenvalue weighted by Gasteiger charge is -2.28. The number of alkyl halides is 3. The van der Waals surface area contributed by atoms with Crippen molar-refractivity contribution in [1.29, 1.82) is 10.5 Å². The van der Waals surface area contributed by atoms with Crippen molar-refractivity contribution in [2.24, 2.45) is 63.2 Å². The van der Waals surface area contributed by atoms with E-state index in [0.717, 1.165) is 68.6 Å². The first-order valence-electron chi connectivity index (χ1n) is 28.2. The van der Waals surface area contributed by atoms with Crippen molar-refractivity contribution in [3.05, 3.63) is 0 Å². The molecule has 10 aliphatic rings. The minimum absolute atomic E-state index is 0.0127. The zero-order valence-electron chi connectivity index (χ0n) is 46.5. The van der Waals surface area contributed by atoms with Crippen molar-refractivity contribution in [3.63, 3.8) is 0 Å². The highest BCUT2D eigenvalue weighted by Gasteiger charge is 2.37. The Morgan fingerprint density at radius 3 is 1.09 bits per heavy atom. The average molecular weight is 966 g/mol. The van der Waals surface area contributed by atoms with Crippen LogP contribution in [0.5, 0.6) is 0 Å². The van der Waals surface area contributed by atoms with Crippen LogP contribution in [0.3, 0.4) is 0 Å². The van der Waals surface area contributed by atoms with E-state index in [1.54, 1.807) is 6.92 Å². The molecule has 0 saturated heterocycles. The van der Waals surface area contributed by atoms with Crippen LogP contribution in [-0.2, 0) is 0 Å². The molecule has 8 atom stereocenters. The standard InChI is InChI=1S/C8H13N.C8H16.C7H12F2.C7H15N.C7H14O.C5H7N.C5H10.C4H7F.C4H9N.C4H8O/c1-8(7-9)5-3-2-4-6-8;1-8(2)6-4-3-5-7-8;1-6-2-4-7(8,9)5-3-6;1-6-4-2-3-5-7(6)8;1-6-3-2-4-7(8)5-6;1-4-2-5(4)3-6;1-5(2)3-4-5;2*1-4(5)2-3-4;1-3-2-4(3)5/h2-6H2,1H3;3-7H2,1-2H3;6H,2-5H2,1H3;6-7H,2-5,8H2,1H3;6-8H,2-5H2,1H3;4-5H,2H2,1H3;3-4H2,1-2H3;2-3H2,1H3;2-3,5H2,1H3;3-5H,2H2,1H3/t;;;2*6-,7?;4-,5?;;;;3-,4?/m...110...0/s1. The van der Waals surface area contributed by atoms with Crippen LogP contribution in [0, 0.1) is 74.4 Å². The molecule has 0 aliphatic heterocycles. The summed E-state index contributed by atoms with van der Waals surface area (Å²) in [6.07, 6.45) is 34.1. The maximum absolute atomic E-state index is 12.4. The van der Waals surface area contributed by atoms with Crippen molar-refractivity contribution in [1.82, 2.24) is 0 Å². The molecule has 6 N–H and O–H groups in total. The Hall–Kier alpha value is -1.39. The zero-order chi connectivity index (χ0) is 51.8. The van der Waals surface area contributed by atoms with Crippen LogP contribution >= 0.6 is 0 Å². The normalized spacial score (nSPS) is 33.5. The van der Waals surface area contributed by atoms with Gasteiger partial charge in [0.2, 0.25) is 5.92 Å². The fraction of sp³-hybridized carbons (Fsp3) is 0.966. The van der Waals surface area contributed by atoms with E-state index in [1.165, 1.54) is 116 Å². The lowest BCUT2D eigenvalue weighted by Crippen LogP contribution is -2.30. The number of nitrogens with zero attached hydrogens (tertiary/aromatic N) is 2. The molecule has 10 aliphatic carbocycles. The van der Waals surface area contributed by atoms with Gasteiger partial charge in [-0.25, -0.2) is 13.2 Å². The molecule has 400 valence electrons. The third-order valence-electron chi connectivity index (χ3n) is 16.1. The van der Waals surface area contributed by atoms with Gasteiger partial charge in [0.05, 0.1) is 29.8 Å². The van der Waals surface area contributed by atoms with Gasteiger partial charge in [0.15, 0.2) is 0 Å². The molecule has 6 nitrogen and oxygen atoms in total. The predicted octanol–water partition coefficient (Wildman–Crippen LogP) is 16.7.